The number of rotatable bonds is 24. The number of aromatic hydroxyl groups is 2. The molecule has 4 aromatic carbocycles. The number of ether oxygens (including phenoxy) is 2. The third-order valence-corrected chi connectivity index (χ3v) is 9.83. The average molecular weight is 721 g/mol. The van der Waals surface area contributed by atoms with Gasteiger partial charge in [-0.1, -0.05) is 133 Å². The quantitative estimate of drug-likeness (QED) is 0.0553. The van der Waals surface area contributed by atoms with Gasteiger partial charge < -0.3 is 19.7 Å². The number of carbonyl (C=O) groups is 2. The van der Waals surface area contributed by atoms with Gasteiger partial charge in [-0.2, -0.15) is 0 Å². The van der Waals surface area contributed by atoms with Crippen LogP contribution < -0.4 is 9.47 Å². The highest BCUT2D eigenvalue weighted by Gasteiger charge is 2.21. The molecule has 0 bridgehead atoms. The fourth-order valence-corrected chi connectivity index (χ4v) is 6.69. The summed E-state index contributed by atoms with van der Waals surface area (Å²) in [5.74, 6) is 2.30. The summed E-state index contributed by atoms with van der Waals surface area (Å²) in [5.41, 5.74) is 2.59. The third kappa shape index (κ3) is 13.7. The Balaban J connectivity index is 1.39. The molecule has 1 unspecified atom stereocenters. The maximum atomic E-state index is 13.5. The van der Waals surface area contributed by atoms with Crippen LogP contribution in [0.25, 0.3) is 0 Å². The van der Waals surface area contributed by atoms with E-state index in [1.807, 2.05) is 30.3 Å². The number of phenols is 2. The maximum absolute atomic E-state index is 13.5. The van der Waals surface area contributed by atoms with Crippen molar-refractivity contribution in [3.63, 3.8) is 0 Å². The molecule has 0 aromatic heterocycles. The number of ketones is 2. The fourth-order valence-electron chi connectivity index (χ4n) is 6.69. The molecule has 0 saturated heterocycles. The van der Waals surface area contributed by atoms with Crippen molar-refractivity contribution < 1.29 is 29.3 Å². The molecular weight excluding hydrogens is 661 g/mol. The van der Waals surface area contributed by atoms with Crippen molar-refractivity contribution in [1.29, 1.82) is 0 Å². The molecular formula is C47H60O6. The molecule has 1 atom stereocenters. The molecule has 0 radical (unpaired) electrons. The molecule has 6 heteroatoms. The summed E-state index contributed by atoms with van der Waals surface area (Å²) in [6, 6.07) is 26.4. The van der Waals surface area contributed by atoms with Gasteiger partial charge in [0.1, 0.15) is 23.0 Å². The van der Waals surface area contributed by atoms with Gasteiger partial charge in [0.15, 0.2) is 11.6 Å². The second-order valence-corrected chi connectivity index (χ2v) is 15.2. The molecule has 0 aliphatic heterocycles. The van der Waals surface area contributed by atoms with Gasteiger partial charge in [0.25, 0.3) is 0 Å². The van der Waals surface area contributed by atoms with E-state index in [1.165, 1.54) is 31.7 Å². The average Bonchev–Trinajstić information content (AvgIpc) is 3.15. The first-order valence-electron chi connectivity index (χ1n) is 19.8. The van der Waals surface area contributed by atoms with Crippen molar-refractivity contribution in [2.75, 3.05) is 13.2 Å². The molecule has 0 amide bonds. The van der Waals surface area contributed by atoms with Crippen LogP contribution in [0.2, 0.25) is 0 Å². The molecule has 284 valence electrons. The van der Waals surface area contributed by atoms with E-state index in [0.717, 1.165) is 62.8 Å². The zero-order valence-corrected chi connectivity index (χ0v) is 32.3. The van der Waals surface area contributed by atoms with Crippen LogP contribution in [0.1, 0.15) is 136 Å². The van der Waals surface area contributed by atoms with Crippen LogP contribution in [-0.2, 0) is 6.42 Å². The summed E-state index contributed by atoms with van der Waals surface area (Å²) in [7, 11) is 0. The lowest BCUT2D eigenvalue weighted by molar-refractivity contribution is 0.102. The van der Waals surface area contributed by atoms with Crippen LogP contribution in [-0.4, -0.2) is 35.0 Å². The highest BCUT2D eigenvalue weighted by atomic mass is 16.5. The van der Waals surface area contributed by atoms with Gasteiger partial charge in [-0.15, -0.1) is 0 Å². The molecule has 0 aliphatic rings. The van der Waals surface area contributed by atoms with Crippen LogP contribution in [0.15, 0.2) is 91.0 Å². The number of carbonyl (C=O) groups excluding carboxylic acids is 2. The summed E-state index contributed by atoms with van der Waals surface area (Å²) in [6.45, 7) is 10.1. The van der Waals surface area contributed by atoms with Gasteiger partial charge in [-0.05, 0) is 73.6 Å². The maximum Gasteiger partial charge on any atom is 0.196 e. The lowest BCUT2D eigenvalue weighted by Crippen LogP contribution is -2.11. The Morgan fingerprint density at radius 3 is 1.74 bits per heavy atom. The molecule has 0 fully saturated rings. The van der Waals surface area contributed by atoms with Crippen molar-refractivity contribution >= 4 is 11.6 Å². The van der Waals surface area contributed by atoms with E-state index in [1.54, 1.807) is 54.6 Å². The Morgan fingerprint density at radius 1 is 0.547 bits per heavy atom. The third-order valence-electron chi connectivity index (χ3n) is 9.83. The van der Waals surface area contributed by atoms with E-state index in [2.05, 4.69) is 27.7 Å². The van der Waals surface area contributed by atoms with E-state index in [9.17, 15) is 19.8 Å². The normalized spacial score (nSPS) is 11.9. The minimum Gasteiger partial charge on any atom is -0.507 e. The molecule has 4 rings (SSSR count). The molecule has 6 nitrogen and oxygen atoms in total. The Labute approximate surface area is 317 Å². The predicted molar refractivity (Wildman–Crippen MR) is 215 cm³/mol. The van der Waals surface area contributed by atoms with E-state index >= 15 is 0 Å². The molecule has 2 N–H and O–H groups in total. The van der Waals surface area contributed by atoms with E-state index in [-0.39, 0.29) is 28.6 Å². The Bertz CT molecular complexity index is 1700. The van der Waals surface area contributed by atoms with E-state index < -0.39 is 0 Å². The SMILES string of the molecule is CC(C)CCCCCCCOc1cc(O)c(C(=O)c2ccccc2)cc1CC(CCCCOc1ccc(C(=O)c2ccccc2)c(O)c1)CCC(C)C. The first kappa shape index (κ1) is 41.2. The Morgan fingerprint density at radius 2 is 1.09 bits per heavy atom. The molecule has 0 heterocycles. The number of hydrogen-bond acceptors (Lipinski definition) is 6. The Hall–Kier alpha value is -4.58. The highest BCUT2D eigenvalue weighted by Crippen LogP contribution is 2.34. The summed E-state index contributed by atoms with van der Waals surface area (Å²) in [6.07, 6.45) is 12.7. The second kappa shape index (κ2) is 21.8. The van der Waals surface area contributed by atoms with Gasteiger partial charge in [-0.25, -0.2) is 0 Å². The monoisotopic (exact) mass is 720 g/mol. The molecule has 4 aromatic rings. The second-order valence-electron chi connectivity index (χ2n) is 15.2. The van der Waals surface area contributed by atoms with Crippen LogP contribution >= 0.6 is 0 Å². The zero-order chi connectivity index (χ0) is 38.0. The minimum absolute atomic E-state index is 0.0503. The largest absolute Gasteiger partial charge is 0.507 e. The van der Waals surface area contributed by atoms with Gasteiger partial charge in [0, 0.05) is 23.3 Å². The van der Waals surface area contributed by atoms with Crippen LogP contribution in [0.5, 0.6) is 23.0 Å². The van der Waals surface area contributed by atoms with Crippen molar-refractivity contribution in [3.8, 4) is 23.0 Å². The highest BCUT2D eigenvalue weighted by molar-refractivity contribution is 6.11. The summed E-state index contributed by atoms with van der Waals surface area (Å²) < 4.78 is 12.3. The lowest BCUT2D eigenvalue weighted by atomic mass is 9.86. The van der Waals surface area contributed by atoms with Gasteiger partial charge >= 0.3 is 0 Å². The lowest BCUT2D eigenvalue weighted by Gasteiger charge is -2.21. The van der Waals surface area contributed by atoms with Crippen molar-refractivity contribution in [1.82, 2.24) is 0 Å². The molecule has 0 spiro atoms. The van der Waals surface area contributed by atoms with E-state index in [0.29, 0.717) is 53.2 Å². The molecule has 0 aliphatic carbocycles. The van der Waals surface area contributed by atoms with E-state index in [4.69, 9.17) is 9.47 Å². The Kier molecular flexibility index (Phi) is 17.0. The summed E-state index contributed by atoms with van der Waals surface area (Å²) >= 11 is 0. The van der Waals surface area contributed by atoms with Crippen molar-refractivity contribution in [3.05, 3.63) is 119 Å². The summed E-state index contributed by atoms with van der Waals surface area (Å²) in [4.78, 5) is 26.3. The first-order valence-corrected chi connectivity index (χ1v) is 19.8. The minimum atomic E-state index is -0.228. The topological polar surface area (TPSA) is 93.1 Å². The van der Waals surface area contributed by atoms with Gasteiger partial charge in [0.05, 0.1) is 24.3 Å². The van der Waals surface area contributed by atoms with Crippen LogP contribution in [0, 0.1) is 17.8 Å². The van der Waals surface area contributed by atoms with Crippen molar-refractivity contribution in [2.24, 2.45) is 17.8 Å². The smallest absolute Gasteiger partial charge is 0.196 e. The predicted octanol–water partition coefficient (Wildman–Crippen LogP) is 11.8. The van der Waals surface area contributed by atoms with Crippen LogP contribution in [0.3, 0.4) is 0 Å². The standard InChI is InChI=1S/C47H60O6/c1-34(2)18-10-6-5-7-16-29-53-45-33-44(49)42(47(51)38-22-13-9-14-23-38)31-39(45)30-36(25-24-35(3)4)19-15-17-28-52-40-26-27-41(43(48)32-40)46(50)37-20-11-8-12-21-37/h8-9,11-14,20-23,26-27,31-36,48-49H,5-7,10,15-19,24-25,28-30H2,1-4H3. The van der Waals surface area contributed by atoms with Crippen LogP contribution in [0.4, 0.5) is 0 Å². The summed E-state index contributed by atoms with van der Waals surface area (Å²) in [5, 5.41) is 21.6. The number of hydrogen-bond donors (Lipinski definition) is 2. The fraction of sp³-hybridized carbons (Fsp3) is 0.447. The number of unbranched alkanes of at least 4 members (excludes halogenated alkanes) is 5. The zero-order valence-electron chi connectivity index (χ0n) is 32.3. The number of phenolic OH excluding ortho intramolecular Hbond substituents is 2. The van der Waals surface area contributed by atoms with Gasteiger partial charge in [0.2, 0.25) is 0 Å². The molecule has 53 heavy (non-hydrogen) atoms. The molecule has 0 saturated carbocycles. The van der Waals surface area contributed by atoms with Gasteiger partial charge in [-0.3, -0.25) is 9.59 Å². The first-order chi connectivity index (χ1) is 25.6. The van der Waals surface area contributed by atoms with Crippen molar-refractivity contribution in [2.45, 2.75) is 105 Å². The number of benzene rings is 4.